The molecule has 3 aromatic rings. The maximum atomic E-state index is 13.6. The minimum Gasteiger partial charge on any atom is -0.453 e. The van der Waals surface area contributed by atoms with E-state index in [2.05, 4.69) is 10.3 Å². The second-order valence-electron chi connectivity index (χ2n) is 6.58. The summed E-state index contributed by atoms with van der Waals surface area (Å²) in [4.78, 5) is 28.7. The number of fused-ring (bicyclic) bond motifs is 1. The molecule has 28 heavy (non-hydrogen) atoms. The zero-order chi connectivity index (χ0) is 20.1. The Bertz CT molecular complexity index is 1020. The number of hydrogen-bond acceptors (Lipinski definition) is 4. The van der Waals surface area contributed by atoms with Crippen molar-refractivity contribution in [3.8, 4) is 0 Å². The number of pyridine rings is 1. The van der Waals surface area contributed by atoms with Gasteiger partial charge in [-0.2, -0.15) is 0 Å². The summed E-state index contributed by atoms with van der Waals surface area (Å²) in [5.41, 5.74) is 2.45. The number of carbonyl (C=O) groups is 2. The van der Waals surface area contributed by atoms with Gasteiger partial charge in [-0.05, 0) is 43.7 Å². The third-order valence-corrected chi connectivity index (χ3v) is 4.36. The van der Waals surface area contributed by atoms with Crippen LogP contribution in [0.4, 0.5) is 10.1 Å². The molecule has 0 aliphatic rings. The topological polar surface area (TPSA) is 68.3 Å². The normalized spacial score (nSPS) is 11.8. The van der Waals surface area contributed by atoms with E-state index in [0.29, 0.717) is 17.7 Å². The number of hydrogen-bond donors (Lipinski definition) is 1. The Morgan fingerprint density at radius 1 is 1.14 bits per heavy atom. The molecule has 1 aromatic heterocycles. The summed E-state index contributed by atoms with van der Waals surface area (Å²) in [6.07, 6.45) is -0.454. The maximum absolute atomic E-state index is 13.6. The lowest BCUT2D eigenvalue weighted by Crippen LogP contribution is -2.30. The van der Waals surface area contributed by atoms with E-state index < -0.39 is 23.8 Å². The molecule has 0 aliphatic carbocycles. The van der Waals surface area contributed by atoms with Gasteiger partial charge < -0.3 is 10.1 Å². The Morgan fingerprint density at radius 3 is 2.71 bits per heavy atom. The van der Waals surface area contributed by atoms with E-state index in [1.54, 1.807) is 19.1 Å². The number of para-hydroxylation sites is 1. The number of carbonyl (C=O) groups excluding carboxylic acids is 2. The third kappa shape index (κ3) is 4.91. The Hall–Kier alpha value is -3.28. The summed E-state index contributed by atoms with van der Waals surface area (Å²) in [7, 11) is 0. The van der Waals surface area contributed by atoms with Gasteiger partial charge in [-0.1, -0.05) is 30.3 Å². The van der Waals surface area contributed by atoms with Crippen LogP contribution in [0.3, 0.4) is 0 Å². The molecule has 0 saturated heterocycles. The van der Waals surface area contributed by atoms with Crippen molar-refractivity contribution in [2.75, 3.05) is 5.32 Å². The Balaban J connectivity index is 1.51. The van der Waals surface area contributed by atoms with Crippen LogP contribution < -0.4 is 5.32 Å². The first-order valence-corrected chi connectivity index (χ1v) is 9.03. The number of halogens is 1. The lowest BCUT2D eigenvalue weighted by Gasteiger charge is -2.14. The monoisotopic (exact) mass is 380 g/mol. The summed E-state index contributed by atoms with van der Waals surface area (Å²) in [6, 6.07) is 16.0. The fourth-order valence-corrected chi connectivity index (χ4v) is 2.70. The van der Waals surface area contributed by atoms with Crippen LogP contribution in [0.25, 0.3) is 10.9 Å². The number of amides is 1. The van der Waals surface area contributed by atoms with Crippen molar-refractivity contribution in [1.29, 1.82) is 0 Å². The number of nitrogens with one attached hydrogen (secondary N) is 1. The molecule has 5 nitrogen and oxygen atoms in total. The van der Waals surface area contributed by atoms with Crippen molar-refractivity contribution >= 4 is 28.5 Å². The zero-order valence-corrected chi connectivity index (χ0v) is 15.7. The van der Waals surface area contributed by atoms with Crippen molar-refractivity contribution in [1.82, 2.24) is 4.98 Å². The van der Waals surface area contributed by atoms with Crippen LogP contribution in [-0.4, -0.2) is 23.0 Å². The lowest BCUT2D eigenvalue weighted by atomic mass is 10.1. The molecule has 0 radical (unpaired) electrons. The van der Waals surface area contributed by atoms with E-state index >= 15 is 0 Å². The van der Waals surface area contributed by atoms with Gasteiger partial charge in [0.2, 0.25) is 0 Å². The number of aryl methyl sites for hydroxylation is 2. The number of nitrogens with zero attached hydrogens (tertiary/aromatic N) is 1. The highest BCUT2D eigenvalue weighted by molar-refractivity contribution is 5.95. The number of aromatic nitrogens is 1. The smallest absolute Gasteiger partial charge is 0.306 e. The SMILES string of the molecule is Cc1ccc(NC(=O)C(C)OC(=O)CCc2ccc3ccccc3n2)cc1F. The van der Waals surface area contributed by atoms with Crippen LogP contribution in [0.2, 0.25) is 0 Å². The fraction of sp³-hybridized carbons (Fsp3) is 0.227. The van der Waals surface area contributed by atoms with Gasteiger partial charge >= 0.3 is 5.97 Å². The second kappa shape index (κ2) is 8.61. The fourth-order valence-electron chi connectivity index (χ4n) is 2.70. The largest absolute Gasteiger partial charge is 0.453 e. The zero-order valence-electron chi connectivity index (χ0n) is 15.7. The molecule has 1 N–H and O–H groups in total. The van der Waals surface area contributed by atoms with E-state index in [1.807, 2.05) is 36.4 Å². The van der Waals surface area contributed by atoms with Crippen molar-refractivity contribution in [2.24, 2.45) is 0 Å². The quantitative estimate of drug-likeness (QED) is 0.651. The first-order chi connectivity index (χ1) is 13.4. The standard InChI is InChI=1S/C22H21FN2O3/c1-14-7-9-18(13-19(14)23)25-22(27)15(2)28-21(26)12-11-17-10-8-16-5-3-4-6-20(16)24-17/h3-10,13,15H,11-12H2,1-2H3,(H,25,27). The van der Waals surface area contributed by atoms with E-state index in [9.17, 15) is 14.0 Å². The van der Waals surface area contributed by atoms with Crippen LogP contribution in [0, 0.1) is 12.7 Å². The molecule has 1 atom stereocenters. The van der Waals surface area contributed by atoms with Crippen LogP contribution >= 0.6 is 0 Å². The van der Waals surface area contributed by atoms with Gasteiger partial charge in [-0.15, -0.1) is 0 Å². The Labute approximate surface area is 162 Å². The van der Waals surface area contributed by atoms with Gasteiger partial charge in [-0.3, -0.25) is 14.6 Å². The van der Waals surface area contributed by atoms with Gasteiger partial charge in [0.15, 0.2) is 6.10 Å². The minimum atomic E-state index is -0.985. The highest BCUT2D eigenvalue weighted by Gasteiger charge is 2.18. The maximum Gasteiger partial charge on any atom is 0.306 e. The van der Waals surface area contributed by atoms with E-state index in [0.717, 1.165) is 16.6 Å². The molecule has 0 fully saturated rings. The molecule has 0 spiro atoms. The average Bonchev–Trinajstić information content (AvgIpc) is 2.69. The molecule has 0 saturated carbocycles. The molecule has 1 heterocycles. The first kappa shape index (κ1) is 19.5. The van der Waals surface area contributed by atoms with Crippen molar-refractivity contribution in [3.63, 3.8) is 0 Å². The Morgan fingerprint density at radius 2 is 1.93 bits per heavy atom. The van der Waals surface area contributed by atoms with E-state index in [1.165, 1.54) is 13.0 Å². The molecule has 6 heteroatoms. The van der Waals surface area contributed by atoms with Gasteiger partial charge in [0.25, 0.3) is 5.91 Å². The predicted octanol–water partition coefficient (Wildman–Crippen LogP) is 4.19. The molecule has 3 rings (SSSR count). The van der Waals surface area contributed by atoms with Gasteiger partial charge in [0.05, 0.1) is 11.9 Å². The summed E-state index contributed by atoms with van der Waals surface area (Å²) >= 11 is 0. The number of ether oxygens (including phenoxy) is 1. The molecule has 1 unspecified atom stereocenters. The molecule has 0 bridgehead atoms. The molecule has 1 amide bonds. The molecular formula is C22H21FN2O3. The molecule has 2 aromatic carbocycles. The highest BCUT2D eigenvalue weighted by Crippen LogP contribution is 2.15. The molecule has 144 valence electrons. The van der Waals surface area contributed by atoms with Gasteiger partial charge in [-0.25, -0.2) is 4.39 Å². The highest BCUT2D eigenvalue weighted by atomic mass is 19.1. The van der Waals surface area contributed by atoms with Crippen LogP contribution in [0.15, 0.2) is 54.6 Å². The first-order valence-electron chi connectivity index (χ1n) is 9.03. The second-order valence-corrected chi connectivity index (χ2v) is 6.58. The van der Waals surface area contributed by atoms with E-state index in [-0.39, 0.29) is 6.42 Å². The van der Waals surface area contributed by atoms with Crippen molar-refractivity contribution in [3.05, 3.63) is 71.7 Å². The molecule has 0 aliphatic heterocycles. The third-order valence-electron chi connectivity index (χ3n) is 4.36. The summed E-state index contributed by atoms with van der Waals surface area (Å²) < 4.78 is 18.7. The number of rotatable bonds is 6. The number of benzene rings is 2. The Kier molecular flexibility index (Phi) is 5.99. The minimum absolute atomic E-state index is 0.113. The van der Waals surface area contributed by atoms with Crippen molar-refractivity contribution in [2.45, 2.75) is 32.8 Å². The van der Waals surface area contributed by atoms with Crippen LogP contribution in [0.5, 0.6) is 0 Å². The molecular weight excluding hydrogens is 359 g/mol. The lowest BCUT2D eigenvalue weighted by molar-refractivity contribution is -0.153. The van der Waals surface area contributed by atoms with Crippen LogP contribution in [-0.2, 0) is 20.7 Å². The van der Waals surface area contributed by atoms with E-state index in [4.69, 9.17) is 4.74 Å². The van der Waals surface area contributed by atoms with Gasteiger partial charge in [0, 0.05) is 23.2 Å². The van der Waals surface area contributed by atoms with Gasteiger partial charge in [0.1, 0.15) is 5.82 Å². The summed E-state index contributed by atoms with van der Waals surface area (Å²) in [5.74, 6) is -1.42. The number of esters is 1. The summed E-state index contributed by atoms with van der Waals surface area (Å²) in [6.45, 7) is 3.11. The number of anilines is 1. The summed E-state index contributed by atoms with van der Waals surface area (Å²) in [5, 5.41) is 3.57. The average molecular weight is 380 g/mol. The predicted molar refractivity (Wildman–Crippen MR) is 105 cm³/mol. The van der Waals surface area contributed by atoms with Crippen LogP contribution in [0.1, 0.15) is 24.6 Å². The van der Waals surface area contributed by atoms with Crippen molar-refractivity contribution < 1.29 is 18.7 Å².